The van der Waals surface area contributed by atoms with Crippen molar-refractivity contribution in [1.29, 1.82) is 0 Å². The van der Waals surface area contributed by atoms with Crippen molar-refractivity contribution in [3.8, 4) is 0 Å². The molecule has 0 aliphatic heterocycles. The van der Waals surface area contributed by atoms with Crippen molar-refractivity contribution in [3.05, 3.63) is 0 Å². The molecular formula is C7H15NO2. The minimum absolute atomic E-state index is 0.0900. The van der Waals surface area contributed by atoms with Crippen LogP contribution in [0.1, 0.15) is 27.2 Å². The molecule has 0 aromatic rings. The fourth-order valence-electron chi connectivity index (χ4n) is 0.825. The van der Waals surface area contributed by atoms with Crippen molar-refractivity contribution in [1.82, 2.24) is 5.32 Å². The molecule has 0 aromatic heterocycles. The number of aliphatic hydroxyl groups is 1. The number of nitrogens with one attached hydrogen (secondary N) is 1. The number of hydrogen-bond donors (Lipinski definition) is 2. The summed E-state index contributed by atoms with van der Waals surface area (Å²) in [7, 11) is 0. The maximum atomic E-state index is 10.5. The summed E-state index contributed by atoms with van der Waals surface area (Å²) in [4.78, 5) is 10.5. The highest BCUT2D eigenvalue weighted by Crippen LogP contribution is 1.96. The summed E-state index contributed by atoms with van der Waals surface area (Å²) in [6.07, 6.45) is 0.297. The van der Waals surface area contributed by atoms with E-state index in [1.165, 1.54) is 6.92 Å². The van der Waals surface area contributed by atoms with Gasteiger partial charge in [-0.05, 0) is 13.3 Å². The van der Waals surface area contributed by atoms with Crippen molar-refractivity contribution < 1.29 is 9.90 Å². The van der Waals surface area contributed by atoms with Gasteiger partial charge in [0.15, 0.2) is 0 Å². The van der Waals surface area contributed by atoms with Crippen molar-refractivity contribution in [3.63, 3.8) is 0 Å². The molecule has 10 heavy (non-hydrogen) atoms. The molecule has 60 valence electrons. The minimum atomic E-state index is -0.464. The number of rotatable bonds is 3. The Morgan fingerprint density at radius 1 is 1.70 bits per heavy atom. The highest BCUT2D eigenvalue weighted by atomic mass is 16.3. The van der Waals surface area contributed by atoms with Crippen LogP contribution in [0.4, 0.5) is 0 Å². The number of carbonyl (C=O) groups is 1. The fourth-order valence-corrected chi connectivity index (χ4v) is 0.825. The van der Waals surface area contributed by atoms with Gasteiger partial charge in [0.2, 0.25) is 5.91 Å². The molecule has 0 rings (SSSR count). The maximum Gasteiger partial charge on any atom is 0.217 e. The molecule has 3 nitrogen and oxygen atoms in total. The van der Waals surface area contributed by atoms with E-state index in [-0.39, 0.29) is 11.9 Å². The third-order valence-electron chi connectivity index (χ3n) is 1.41. The van der Waals surface area contributed by atoms with Crippen molar-refractivity contribution >= 4 is 5.91 Å². The van der Waals surface area contributed by atoms with Gasteiger partial charge in [0, 0.05) is 6.92 Å². The zero-order valence-electron chi connectivity index (χ0n) is 6.72. The average molecular weight is 145 g/mol. The average Bonchev–Trinajstić information content (AvgIpc) is 1.81. The molecule has 0 aliphatic carbocycles. The predicted molar refractivity (Wildman–Crippen MR) is 39.6 cm³/mol. The number of aliphatic hydroxyl groups excluding tert-OH is 1. The number of amides is 1. The van der Waals surface area contributed by atoms with Crippen molar-refractivity contribution in [2.75, 3.05) is 0 Å². The third-order valence-corrected chi connectivity index (χ3v) is 1.41. The Hall–Kier alpha value is -0.570. The first kappa shape index (κ1) is 9.43. The molecule has 0 radical (unpaired) electrons. The van der Waals surface area contributed by atoms with Crippen LogP contribution < -0.4 is 5.32 Å². The van der Waals surface area contributed by atoms with E-state index in [1.807, 2.05) is 6.92 Å². The van der Waals surface area contributed by atoms with Crippen LogP contribution in [0, 0.1) is 0 Å². The summed E-state index contributed by atoms with van der Waals surface area (Å²) in [5.41, 5.74) is 0. The van der Waals surface area contributed by atoms with Crippen LogP contribution in [0.3, 0.4) is 0 Å². The molecule has 0 bridgehead atoms. The minimum Gasteiger partial charge on any atom is -0.391 e. The van der Waals surface area contributed by atoms with E-state index in [2.05, 4.69) is 5.32 Å². The second-order valence-corrected chi connectivity index (χ2v) is 2.46. The molecule has 0 saturated carbocycles. The topological polar surface area (TPSA) is 49.3 Å². The molecule has 0 heterocycles. The molecule has 0 spiro atoms. The predicted octanol–water partition coefficient (Wildman–Crippen LogP) is 0.282. The van der Waals surface area contributed by atoms with E-state index in [9.17, 15) is 4.79 Å². The summed E-state index contributed by atoms with van der Waals surface area (Å²) in [5.74, 6) is -0.0900. The van der Waals surface area contributed by atoms with Crippen molar-refractivity contribution in [2.45, 2.75) is 39.3 Å². The van der Waals surface area contributed by atoms with E-state index in [4.69, 9.17) is 5.11 Å². The highest BCUT2D eigenvalue weighted by Gasteiger charge is 2.12. The van der Waals surface area contributed by atoms with E-state index >= 15 is 0 Å². The largest absolute Gasteiger partial charge is 0.391 e. The third kappa shape index (κ3) is 3.45. The molecular weight excluding hydrogens is 130 g/mol. The molecule has 0 saturated heterocycles. The zero-order chi connectivity index (χ0) is 8.15. The van der Waals surface area contributed by atoms with Crippen LogP contribution in [-0.4, -0.2) is 23.2 Å². The van der Waals surface area contributed by atoms with Gasteiger partial charge in [0.05, 0.1) is 12.1 Å². The van der Waals surface area contributed by atoms with Gasteiger partial charge in [-0.2, -0.15) is 0 Å². The van der Waals surface area contributed by atoms with Gasteiger partial charge in [-0.1, -0.05) is 6.92 Å². The van der Waals surface area contributed by atoms with Gasteiger partial charge in [0.25, 0.3) is 0 Å². The quantitative estimate of drug-likeness (QED) is 0.599. The number of hydrogen-bond acceptors (Lipinski definition) is 2. The lowest BCUT2D eigenvalue weighted by Crippen LogP contribution is -2.40. The second kappa shape index (κ2) is 4.28. The lowest BCUT2D eigenvalue weighted by atomic mass is 10.1. The fraction of sp³-hybridized carbons (Fsp3) is 0.857. The van der Waals surface area contributed by atoms with Gasteiger partial charge in [0.1, 0.15) is 0 Å². The van der Waals surface area contributed by atoms with Crippen LogP contribution in [0.5, 0.6) is 0 Å². The summed E-state index contributed by atoms with van der Waals surface area (Å²) >= 11 is 0. The molecule has 1 amide bonds. The van der Waals surface area contributed by atoms with Gasteiger partial charge in [-0.15, -0.1) is 0 Å². The smallest absolute Gasteiger partial charge is 0.217 e. The summed E-state index contributed by atoms with van der Waals surface area (Å²) < 4.78 is 0. The lowest BCUT2D eigenvalue weighted by molar-refractivity contribution is -0.120. The van der Waals surface area contributed by atoms with Crippen LogP contribution in [-0.2, 0) is 4.79 Å². The van der Waals surface area contributed by atoms with Crippen LogP contribution in [0.15, 0.2) is 0 Å². The first-order valence-corrected chi connectivity index (χ1v) is 3.53. The van der Waals surface area contributed by atoms with Crippen LogP contribution in [0.2, 0.25) is 0 Å². The Labute approximate surface area is 61.4 Å². The Morgan fingerprint density at radius 2 is 2.20 bits per heavy atom. The molecule has 2 atom stereocenters. The van der Waals surface area contributed by atoms with E-state index < -0.39 is 6.10 Å². The van der Waals surface area contributed by atoms with Gasteiger partial charge < -0.3 is 10.4 Å². The van der Waals surface area contributed by atoms with Crippen LogP contribution >= 0.6 is 0 Å². The first-order chi connectivity index (χ1) is 4.57. The molecule has 0 fully saturated rings. The van der Waals surface area contributed by atoms with E-state index in [1.54, 1.807) is 6.92 Å². The van der Waals surface area contributed by atoms with Gasteiger partial charge in [-0.3, -0.25) is 4.79 Å². The van der Waals surface area contributed by atoms with E-state index in [0.717, 1.165) is 6.42 Å². The standard InChI is InChI=1S/C7H15NO2/c1-4-7(5(2)9)8-6(3)10/h5,7,9H,4H2,1-3H3,(H,8,10)/t5-,7+/m1/s1. The Kier molecular flexibility index (Phi) is 4.03. The summed E-state index contributed by atoms with van der Waals surface area (Å²) in [5, 5.41) is 11.7. The van der Waals surface area contributed by atoms with E-state index in [0.29, 0.717) is 0 Å². The number of carbonyl (C=O) groups excluding carboxylic acids is 1. The molecule has 0 unspecified atom stereocenters. The first-order valence-electron chi connectivity index (χ1n) is 3.53. The van der Waals surface area contributed by atoms with Crippen LogP contribution in [0.25, 0.3) is 0 Å². The SMILES string of the molecule is CC[C@H](NC(C)=O)[C@@H](C)O. The monoisotopic (exact) mass is 145 g/mol. The zero-order valence-corrected chi connectivity index (χ0v) is 6.72. The van der Waals surface area contributed by atoms with Gasteiger partial charge >= 0.3 is 0 Å². The van der Waals surface area contributed by atoms with Gasteiger partial charge in [-0.25, -0.2) is 0 Å². The second-order valence-electron chi connectivity index (χ2n) is 2.46. The Balaban J connectivity index is 3.71. The van der Waals surface area contributed by atoms with Crippen molar-refractivity contribution in [2.24, 2.45) is 0 Å². The normalized spacial score (nSPS) is 16.0. The highest BCUT2D eigenvalue weighted by molar-refractivity contribution is 5.73. The molecule has 3 heteroatoms. The summed E-state index contributed by atoms with van der Waals surface area (Å²) in [6.45, 7) is 5.04. The maximum absolute atomic E-state index is 10.5. The summed E-state index contributed by atoms with van der Waals surface area (Å²) in [6, 6.07) is -0.0995. The molecule has 2 N–H and O–H groups in total. The Bertz CT molecular complexity index is 112. The Morgan fingerprint density at radius 3 is 2.30 bits per heavy atom. The molecule has 0 aromatic carbocycles. The lowest BCUT2D eigenvalue weighted by Gasteiger charge is -2.18. The molecule has 0 aliphatic rings.